The molecule has 0 aliphatic carbocycles. The first-order valence-electron chi connectivity index (χ1n) is 7.77. The minimum absolute atomic E-state index is 0.165. The Kier molecular flexibility index (Phi) is 4.85. The maximum atomic E-state index is 12.7. The molecule has 2 aliphatic heterocycles. The first-order chi connectivity index (χ1) is 9.07. The van der Waals surface area contributed by atoms with Gasteiger partial charge in [-0.3, -0.25) is 4.79 Å². The highest BCUT2D eigenvalue weighted by Crippen LogP contribution is 2.31. The molecule has 0 aromatic heterocycles. The third-order valence-electron chi connectivity index (χ3n) is 5.06. The highest BCUT2D eigenvalue weighted by Gasteiger charge is 2.39. The van der Waals surface area contributed by atoms with Crippen molar-refractivity contribution in [3.8, 4) is 0 Å². The number of likely N-dealkylation sites (tertiary alicyclic amines) is 1. The van der Waals surface area contributed by atoms with Crippen molar-refractivity contribution < 1.29 is 4.79 Å². The third kappa shape index (κ3) is 3.29. The van der Waals surface area contributed by atoms with E-state index in [9.17, 15) is 4.79 Å². The first-order valence-corrected chi connectivity index (χ1v) is 7.77. The summed E-state index contributed by atoms with van der Waals surface area (Å²) in [6.07, 6.45) is 4.16. The van der Waals surface area contributed by atoms with Gasteiger partial charge in [-0.15, -0.1) is 0 Å². The SMILES string of the molecule is CCC1(C(=O)NC2CCN(C)CC2C)CCCNC1. The van der Waals surface area contributed by atoms with Gasteiger partial charge in [0, 0.05) is 19.1 Å². The molecule has 3 atom stereocenters. The number of hydrogen-bond acceptors (Lipinski definition) is 3. The second-order valence-electron chi connectivity index (χ2n) is 6.52. The molecule has 2 heterocycles. The van der Waals surface area contributed by atoms with Crippen LogP contribution in [-0.2, 0) is 4.79 Å². The summed E-state index contributed by atoms with van der Waals surface area (Å²) in [6, 6.07) is 0.356. The average molecular weight is 267 g/mol. The van der Waals surface area contributed by atoms with Crippen LogP contribution in [0.25, 0.3) is 0 Å². The number of nitrogens with zero attached hydrogens (tertiary/aromatic N) is 1. The van der Waals surface area contributed by atoms with Gasteiger partial charge in [-0.05, 0) is 51.7 Å². The average Bonchev–Trinajstić information content (AvgIpc) is 2.42. The van der Waals surface area contributed by atoms with Crippen LogP contribution >= 0.6 is 0 Å². The molecule has 0 saturated carbocycles. The van der Waals surface area contributed by atoms with E-state index in [-0.39, 0.29) is 11.3 Å². The molecule has 3 unspecified atom stereocenters. The van der Waals surface area contributed by atoms with E-state index in [1.165, 1.54) is 0 Å². The molecule has 4 nitrogen and oxygen atoms in total. The van der Waals surface area contributed by atoms with Crippen molar-refractivity contribution in [1.29, 1.82) is 0 Å². The summed E-state index contributed by atoms with van der Waals surface area (Å²) in [5, 5.41) is 6.74. The van der Waals surface area contributed by atoms with Gasteiger partial charge >= 0.3 is 0 Å². The summed E-state index contributed by atoms with van der Waals surface area (Å²) in [4.78, 5) is 15.0. The lowest BCUT2D eigenvalue weighted by molar-refractivity contribution is -0.133. The minimum atomic E-state index is -0.165. The first kappa shape index (κ1) is 14.8. The molecule has 4 heteroatoms. The molecular weight excluding hydrogens is 238 g/mol. The van der Waals surface area contributed by atoms with Crippen molar-refractivity contribution in [1.82, 2.24) is 15.5 Å². The van der Waals surface area contributed by atoms with Crippen LogP contribution < -0.4 is 10.6 Å². The zero-order chi connectivity index (χ0) is 13.9. The molecule has 2 saturated heterocycles. The predicted molar refractivity (Wildman–Crippen MR) is 78.0 cm³/mol. The molecule has 110 valence electrons. The number of rotatable bonds is 3. The Morgan fingerprint density at radius 3 is 2.89 bits per heavy atom. The van der Waals surface area contributed by atoms with Gasteiger partial charge in [-0.1, -0.05) is 13.8 Å². The highest BCUT2D eigenvalue weighted by atomic mass is 16.2. The molecular formula is C15H29N3O. The van der Waals surface area contributed by atoms with Gasteiger partial charge in [-0.2, -0.15) is 0 Å². The molecule has 0 aromatic rings. The smallest absolute Gasteiger partial charge is 0.227 e. The number of carbonyl (C=O) groups excluding carboxylic acids is 1. The molecule has 0 bridgehead atoms. The quantitative estimate of drug-likeness (QED) is 0.808. The van der Waals surface area contributed by atoms with E-state index in [0.29, 0.717) is 12.0 Å². The Labute approximate surface area is 117 Å². The Morgan fingerprint density at radius 2 is 2.32 bits per heavy atom. The summed E-state index contributed by atoms with van der Waals surface area (Å²) in [7, 11) is 2.16. The summed E-state index contributed by atoms with van der Waals surface area (Å²) in [5.41, 5.74) is -0.165. The molecule has 2 aliphatic rings. The maximum absolute atomic E-state index is 12.7. The van der Waals surface area contributed by atoms with Crippen LogP contribution in [-0.4, -0.2) is 50.1 Å². The molecule has 0 aromatic carbocycles. The fourth-order valence-corrected chi connectivity index (χ4v) is 3.51. The summed E-state index contributed by atoms with van der Waals surface area (Å²) < 4.78 is 0. The van der Waals surface area contributed by atoms with Crippen molar-refractivity contribution in [3.63, 3.8) is 0 Å². The molecule has 1 amide bonds. The fraction of sp³-hybridized carbons (Fsp3) is 0.933. The maximum Gasteiger partial charge on any atom is 0.227 e. The molecule has 2 fully saturated rings. The molecule has 2 N–H and O–H groups in total. The van der Waals surface area contributed by atoms with Crippen LogP contribution in [0.2, 0.25) is 0 Å². The van der Waals surface area contributed by atoms with Crippen molar-refractivity contribution in [3.05, 3.63) is 0 Å². The van der Waals surface area contributed by atoms with Crippen molar-refractivity contribution in [2.24, 2.45) is 11.3 Å². The second kappa shape index (κ2) is 6.23. The summed E-state index contributed by atoms with van der Waals surface area (Å²) in [6.45, 7) is 8.47. The van der Waals surface area contributed by atoms with Gasteiger partial charge in [-0.25, -0.2) is 0 Å². The lowest BCUT2D eigenvalue weighted by Crippen LogP contribution is -2.56. The number of amides is 1. The van der Waals surface area contributed by atoms with E-state index >= 15 is 0 Å². The standard InChI is InChI=1S/C15H29N3O/c1-4-15(7-5-8-16-11-15)14(19)17-13-6-9-18(3)10-12(13)2/h12-13,16H,4-11H2,1-3H3,(H,17,19). The van der Waals surface area contributed by atoms with Gasteiger partial charge in [0.25, 0.3) is 0 Å². The van der Waals surface area contributed by atoms with Crippen LogP contribution in [0.15, 0.2) is 0 Å². The number of piperidine rings is 2. The van der Waals surface area contributed by atoms with Crippen molar-refractivity contribution in [2.45, 2.75) is 45.6 Å². The number of carbonyl (C=O) groups is 1. The lowest BCUT2D eigenvalue weighted by atomic mass is 9.77. The van der Waals surface area contributed by atoms with E-state index in [1.807, 2.05) is 0 Å². The number of hydrogen-bond donors (Lipinski definition) is 2. The zero-order valence-corrected chi connectivity index (χ0v) is 12.7. The third-order valence-corrected chi connectivity index (χ3v) is 5.06. The largest absolute Gasteiger partial charge is 0.352 e. The monoisotopic (exact) mass is 267 g/mol. The Hall–Kier alpha value is -0.610. The van der Waals surface area contributed by atoms with Gasteiger partial charge in [0.15, 0.2) is 0 Å². The van der Waals surface area contributed by atoms with E-state index < -0.39 is 0 Å². The minimum Gasteiger partial charge on any atom is -0.352 e. The van der Waals surface area contributed by atoms with E-state index in [1.54, 1.807) is 0 Å². The van der Waals surface area contributed by atoms with E-state index in [0.717, 1.165) is 51.9 Å². The predicted octanol–water partition coefficient (Wildman–Crippen LogP) is 1.22. The molecule has 2 rings (SSSR count). The second-order valence-corrected chi connectivity index (χ2v) is 6.52. The van der Waals surface area contributed by atoms with Crippen LogP contribution in [0.4, 0.5) is 0 Å². The van der Waals surface area contributed by atoms with Crippen LogP contribution in [0.3, 0.4) is 0 Å². The Morgan fingerprint density at radius 1 is 1.53 bits per heavy atom. The van der Waals surface area contributed by atoms with Crippen molar-refractivity contribution in [2.75, 3.05) is 33.2 Å². The lowest BCUT2D eigenvalue weighted by Gasteiger charge is -2.40. The van der Waals surface area contributed by atoms with Crippen LogP contribution in [0.5, 0.6) is 0 Å². The van der Waals surface area contributed by atoms with Gasteiger partial charge < -0.3 is 15.5 Å². The van der Waals surface area contributed by atoms with Crippen LogP contribution in [0.1, 0.15) is 39.5 Å². The van der Waals surface area contributed by atoms with E-state index in [2.05, 4.69) is 36.4 Å². The normalized spacial score (nSPS) is 37.0. The Bertz CT molecular complexity index is 313. The fourth-order valence-electron chi connectivity index (χ4n) is 3.51. The van der Waals surface area contributed by atoms with Crippen LogP contribution in [0, 0.1) is 11.3 Å². The number of nitrogens with one attached hydrogen (secondary N) is 2. The molecule has 0 spiro atoms. The zero-order valence-electron chi connectivity index (χ0n) is 12.7. The molecule has 19 heavy (non-hydrogen) atoms. The topological polar surface area (TPSA) is 44.4 Å². The summed E-state index contributed by atoms with van der Waals surface area (Å²) in [5.74, 6) is 0.830. The van der Waals surface area contributed by atoms with Gasteiger partial charge in [0.05, 0.1) is 5.41 Å². The van der Waals surface area contributed by atoms with E-state index in [4.69, 9.17) is 0 Å². The molecule has 0 radical (unpaired) electrons. The van der Waals surface area contributed by atoms with Crippen molar-refractivity contribution >= 4 is 5.91 Å². The highest BCUT2D eigenvalue weighted by molar-refractivity contribution is 5.83. The Balaban J connectivity index is 1.95. The van der Waals surface area contributed by atoms with Gasteiger partial charge in [0.1, 0.15) is 0 Å². The van der Waals surface area contributed by atoms with Gasteiger partial charge in [0.2, 0.25) is 5.91 Å². The summed E-state index contributed by atoms with van der Waals surface area (Å²) >= 11 is 0.